The van der Waals surface area contributed by atoms with E-state index in [4.69, 9.17) is 9.47 Å². The van der Waals surface area contributed by atoms with E-state index in [1.807, 2.05) is 36.4 Å². The van der Waals surface area contributed by atoms with E-state index in [1.54, 1.807) is 24.9 Å². The number of benzene rings is 2. The van der Waals surface area contributed by atoms with E-state index in [2.05, 4.69) is 10.3 Å². The minimum atomic E-state index is -3.29. The third-order valence-corrected chi connectivity index (χ3v) is 5.41. The summed E-state index contributed by atoms with van der Waals surface area (Å²) in [6.45, 7) is 0.386. The molecular formula is C21H25N3O5S. The quantitative estimate of drug-likeness (QED) is 0.556. The highest BCUT2D eigenvalue weighted by atomic mass is 32.2. The van der Waals surface area contributed by atoms with Crippen LogP contribution in [0.5, 0.6) is 11.5 Å². The van der Waals surface area contributed by atoms with Gasteiger partial charge in [-0.25, -0.2) is 13.4 Å². The predicted molar refractivity (Wildman–Crippen MR) is 115 cm³/mol. The molecule has 2 aromatic carbocycles. The molecule has 0 radical (unpaired) electrons. The lowest BCUT2D eigenvalue weighted by Gasteiger charge is -2.12. The molecule has 0 bridgehead atoms. The first-order valence-corrected chi connectivity index (χ1v) is 11.5. The molecule has 1 aromatic heterocycles. The van der Waals surface area contributed by atoms with Gasteiger partial charge in [0, 0.05) is 12.8 Å². The number of aromatic nitrogens is 2. The number of nitrogens with one attached hydrogen (secondary N) is 1. The van der Waals surface area contributed by atoms with E-state index >= 15 is 0 Å². The van der Waals surface area contributed by atoms with Gasteiger partial charge in [-0.15, -0.1) is 0 Å². The monoisotopic (exact) mass is 431 g/mol. The van der Waals surface area contributed by atoms with Crippen molar-refractivity contribution < 1.29 is 22.7 Å². The van der Waals surface area contributed by atoms with Crippen molar-refractivity contribution in [3.8, 4) is 11.5 Å². The summed E-state index contributed by atoms with van der Waals surface area (Å²) in [5, 5.41) is 2.88. The summed E-state index contributed by atoms with van der Waals surface area (Å²) in [6.07, 6.45) is 1.71. The molecule has 3 rings (SSSR count). The molecule has 0 spiro atoms. The van der Waals surface area contributed by atoms with Crippen LogP contribution in [0.4, 0.5) is 0 Å². The fourth-order valence-corrected chi connectivity index (χ4v) is 3.95. The number of nitrogens with zero attached hydrogens (tertiary/aromatic N) is 2. The molecule has 8 nitrogen and oxygen atoms in total. The summed E-state index contributed by atoms with van der Waals surface area (Å²) in [5.74, 6) is 1.34. The number of amides is 1. The minimum absolute atomic E-state index is 0.0133. The highest BCUT2D eigenvalue weighted by Crippen LogP contribution is 2.24. The zero-order chi connectivity index (χ0) is 21.7. The Morgan fingerprint density at radius 2 is 1.90 bits per heavy atom. The van der Waals surface area contributed by atoms with Gasteiger partial charge in [-0.05, 0) is 42.3 Å². The van der Waals surface area contributed by atoms with Crippen LogP contribution in [0.25, 0.3) is 11.0 Å². The van der Waals surface area contributed by atoms with Gasteiger partial charge in [-0.2, -0.15) is 0 Å². The summed E-state index contributed by atoms with van der Waals surface area (Å²) < 4.78 is 35.8. The molecule has 1 heterocycles. The summed E-state index contributed by atoms with van der Waals surface area (Å²) in [7, 11) is -0.102. The maximum absolute atomic E-state index is 12.6. The first-order chi connectivity index (χ1) is 14.3. The molecule has 0 atom stereocenters. The number of sulfone groups is 1. The van der Waals surface area contributed by atoms with Crippen LogP contribution in [-0.2, 0) is 33.4 Å². The summed E-state index contributed by atoms with van der Waals surface area (Å²) in [5.41, 5.74) is 2.30. The number of fused-ring (bicyclic) bond motifs is 1. The Kier molecular flexibility index (Phi) is 6.61. The van der Waals surface area contributed by atoms with Gasteiger partial charge >= 0.3 is 0 Å². The lowest BCUT2D eigenvalue weighted by Crippen LogP contribution is -2.30. The molecule has 1 amide bonds. The van der Waals surface area contributed by atoms with Gasteiger partial charge in [-0.1, -0.05) is 12.1 Å². The van der Waals surface area contributed by atoms with Crippen molar-refractivity contribution in [1.82, 2.24) is 14.9 Å². The molecule has 0 aliphatic rings. The molecule has 0 saturated heterocycles. The molecule has 0 saturated carbocycles. The third-order valence-electron chi connectivity index (χ3n) is 4.63. The van der Waals surface area contributed by atoms with Gasteiger partial charge in [0.25, 0.3) is 0 Å². The summed E-state index contributed by atoms with van der Waals surface area (Å²) in [4.78, 5) is 17.0. The molecule has 9 heteroatoms. The predicted octanol–water partition coefficient (Wildman–Crippen LogP) is 1.96. The van der Waals surface area contributed by atoms with E-state index in [9.17, 15) is 13.2 Å². The molecule has 0 fully saturated rings. The van der Waals surface area contributed by atoms with Gasteiger partial charge in [0.15, 0.2) is 9.84 Å². The first-order valence-electron chi connectivity index (χ1n) is 9.40. The van der Waals surface area contributed by atoms with Crippen LogP contribution in [0.3, 0.4) is 0 Å². The van der Waals surface area contributed by atoms with E-state index in [-0.39, 0.29) is 18.2 Å². The third kappa shape index (κ3) is 5.29. The maximum atomic E-state index is 12.6. The van der Waals surface area contributed by atoms with Crippen molar-refractivity contribution in [3.63, 3.8) is 0 Å². The number of methoxy groups -OCH3 is 2. The van der Waals surface area contributed by atoms with E-state index in [1.165, 1.54) is 0 Å². The van der Waals surface area contributed by atoms with Crippen molar-refractivity contribution >= 4 is 26.8 Å². The number of rotatable bonds is 9. The van der Waals surface area contributed by atoms with Gasteiger partial charge < -0.3 is 19.4 Å². The zero-order valence-corrected chi connectivity index (χ0v) is 18.0. The fourth-order valence-electron chi connectivity index (χ4n) is 3.26. The largest absolute Gasteiger partial charge is 0.497 e. The lowest BCUT2D eigenvalue weighted by molar-refractivity contribution is -0.121. The van der Waals surface area contributed by atoms with Gasteiger partial charge in [0.05, 0.1) is 25.3 Å². The summed E-state index contributed by atoms with van der Waals surface area (Å²) in [6, 6.07) is 12.8. The highest BCUT2D eigenvalue weighted by Gasteiger charge is 2.17. The molecular weight excluding hydrogens is 406 g/mol. The molecule has 30 heavy (non-hydrogen) atoms. The SMILES string of the molecule is COc1ccc(OC)c(CCNC(=O)Cn2c(CS(C)(=O)=O)nc3ccccc32)c1. The second-order valence-corrected chi connectivity index (χ2v) is 9.09. The second-order valence-electron chi connectivity index (χ2n) is 6.95. The smallest absolute Gasteiger partial charge is 0.240 e. The Balaban J connectivity index is 1.71. The van der Waals surface area contributed by atoms with Crippen LogP contribution >= 0.6 is 0 Å². The highest BCUT2D eigenvalue weighted by molar-refractivity contribution is 7.89. The number of hydrogen-bond acceptors (Lipinski definition) is 6. The van der Waals surface area contributed by atoms with Crippen LogP contribution in [0.15, 0.2) is 42.5 Å². The number of hydrogen-bond donors (Lipinski definition) is 1. The van der Waals surface area contributed by atoms with Crippen LogP contribution < -0.4 is 14.8 Å². The van der Waals surface area contributed by atoms with Gasteiger partial charge in [-0.3, -0.25) is 4.79 Å². The molecule has 3 aromatic rings. The molecule has 0 aliphatic heterocycles. The van der Waals surface area contributed by atoms with Crippen molar-refractivity contribution in [2.75, 3.05) is 27.0 Å². The molecule has 0 unspecified atom stereocenters. The number of carbonyl (C=O) groups excluding carboxylic acids is 1. The lowest BCUT2D eigenvalue weighted by atomic mass is 10.1. The number of para-hydroxylation sites is 2. The Morgan fingerprint density at radius 3 is 2.60 bits per heavy atom. The number of carbonyl (C=O) groups is 1. The van der Waals surface area contributed by atoms with Crippen molar-refractivity contribution in [2.24, 2.45) is 0 Å². The Morgan fingerprint density at radius 1 is 1.13 bits per heavy atom. The van der Waals surface area contributed by atoms with Crippen molar-refractivity contribution in [3.05, 3.63) is 53.9 Å². The van der Waals surface area contributed by atoms with Gasteiger partial charge in [0.1, 0.15) is 29.6 Å². The van der Waals surface area contributed by atoms with E-state index < -0.39 is 9.84 Å². The molecule has 1 N–H and O–H groups in total. The van der Waals surface area contributed by atoms with Crippen LogP contribution in [0, 0.1) is 0 Å². The Labute approximate surface area is 175 Å². The number of imidazole rings is 1. The summed E-state index contributed by atoms with van der Waals surface area (Å²) >= 11 is 0. The van der Waals surface area contributed by atoms with Crippen LogP contribution in [0.1, 0.15) is 11.4 Å². The molecule has 0 aliphatic carbocycles. The molecule has 160 valence electrons. The standard InChI is InChI=1S/C21H25N3O5S/c1-28-16-8-9-19(29-2)15(12-16)10-11-22-21(25)13-24-18-7-5-4-6-17(18)23-20(24)14-30(3,26)27/h4-9,12H,10-11,13-14H2,1-3H3,(H,22,25). The second kappa shape index (κ2) is 9.17. The zero-order valence-electron chi connectivity index (χ0n) is 17.2. The Hall–Kier alpha value is -3.07. The fraction of sp³-hybridized carbons (Fsp3) is 0.333. The van der Waals surface area contributed by atoms with Crippen molar-refractivity contribution in [1.29, 1.82) is 0 Å². The van der Waals surface area contributed by atoms with Crippen LogP contribution in [0.2, 0.25) is 0 Å². The first kappa shape index (κ1) is 21.6. The van der Waals surface area contributed by atoms with Crippen LogP contribution in [-0.4, -0.2) is 50.9 Å². The van der Waals surface area contributed by atoms with E-state index in [0.717, 1.165) is 23.1 Å². The van der Waals surface area contributed by atoms with Crippen molar-refractivity contribution in [2.45, 2.75) is 18.7 Å². The normalized spacial score (nSPS) is 11.4. The minimum Gasteiger partial charge on any atom is -0.497 e. The van der Waals surface area contributed by atoms with E-state index in [0.29, 0.717) is 30.1 Å². The van der Waals surface area contributed by atoms with Gasteiger partial charge in [0.2, 0.25) is 5.91 Å². The number of ether oxygens (including phenoxy) is 2. The Bertz CT molecular complexity index is 1150. The average Bonchev–Trinajstić information content (AvgIpc) is 3.03. The average molecular weight is 432 g/mol. The topological polar surface area (TPSA) is 99.5 Å². The maximum Gasteiger partial charge on any atom is 0.240 e.